The van der Waals surface area contributed by atoms with E-state index in [-0.39, 0.29) is 18.4 Å². The van der Waals surface area contributed by atoms with Crippen LogP contribution in [0.5, 0.6) is 0 Å². The summed E-state index contributed by atoms with van der Waals surface area (Å²) in [6.45, 7) is 1.81. The van der Waals surface area contributed by atoms with Crippen LogP contribution >= 0.6 is 12.4 Å². The molecule has 2 amide bonds. The van der Waals surface area contributed by atoms with Crippen molar-refractivity contribution in [2.24, 2.45) is 5.29 Å². The third kappa shape index (κ3) is 3.89. The lowest BCUT2D eigenvalue weighted by molar-refractivity contribution is 0.202. The summed E-state index contributed by atoms with van der Waals surface area (Å²) in [6.07, 6.45) is 1.80. The Labute approximate surface area is 88.8 Å². The van der Waals surface area contributed by atoms with Gasteiger partial charge in [-0.05, 0) is 25.9 Å². The van der Waals surface area contributed by atoms with Crippen LogP contribution in [0.3, 0.4) is 0 Å². The molecule has 7 heteroatoms. The molecule has 6 nitrogen and oxygen atoms in total. The highest BCUT2D eigenvalue weighted by molar-refractivity contribution is 5.85. The van der Waals surface area contributed by atoms with Crippen molar-refractivity contribution in [3.63, 3.8) is 0 Å². The Hall–Kier alpha value is -0.880. The van der Waals surface area contributed by atoms with Crippen molar-refractivity contribution in [3.05, 3.63) is 4.91 Å². The lowest BCUT2D eigenvalue weighted by atomic mass is 10.1. The molecule has 0 saturated carbocycles. The van der Waals surface area contributed by atoms with Crippen LogP contribution in [0.25, 0.3) is 0 Å². The monoisotopic (exact) mass is 222 g/mol. The van der Waals surface area contributed by atoms with Crippen LogP contribution in [0.4, 0.5) is 4.79 Å². The number of nitrogens with one attached hydrogen (secondary N) is 2. The van der Waals surface area contributed by atoms with E-state index >= 15 is 0 Å². The summed E-state index contributed by atoms with van der Waals surface area (Å²) in [7, 11) is 1.34. The minimum atomic E-state index is -0.429. The maximum absolute atomic E-state index is 11.1. The molecule has 0 radical (unpaired) electrons. The second-order valence-electron chi connectivity index (χ2n) is 3.08. The highest BCUT2D eigenvalue weighted by Crippen LogP contribution is 2.02. The first kappa shape index (κ1) is 13.1. The fourth-order valence-electron chi connectivity index (χ4n) is 1.27. The summed E-state index contributed by atoms with van der Waals surface area (Å²) in [5.41, 5.74) is 0. The molecule has 1 aliphatic heterocycles. The largest absolute Gasteiger partial charge is 0.340 e. The Morgan fingerprint density at radius 1 is 1.50 bits per heavy atom. The molecule has 2 N–H and O–H groups in total. The fourth-order valence-corrected chi connectivity index (χ4v) is 1.27. The number of hydrogen-bond donors (Lipinski definition) is 2. The van der Waals surface area contributed by atoms with E-state index in [9.17, 15) is 9.70 Å². The summed E-state index contributed by atoms with van der Waals surface area (Å²) < 4.78 is 0. The highest BCUT2D eigenvalue weighted by Gasteiger charge is 2.17. The zero-order chi connectivity index (χ0) is 9.68. The minimum absolute atomic E-state index is 0. The smallest absolute Gasteiger partial charge is 0.334 e. The molecule has 1 fully saturated rings. The molecule has 1 heterocycles. The Bertz CT molecular complexity index is 196. The van der Waals surface area contributed by atoms with Crippen molar-refractivity contribution in [1.29, 1.82) is 0 Å². The van der Waals surface area contributed by atoms with Crippen LogP contribution in [0, 0.1) is 4.91 Å². The molecule has 0 unspecified atom stereocenters. The molecule has 1 saturated heterocycles. The van der Waals surface area contributed by atoms with Crippen molar-refractivity contribution in [3.8, 4) is 0 Å². The standard InChI is InChI=1S/C7H14N4O2.ClH/c1-11(10-13)7(12)9-6-2-4-8-5-3-6;/h6,8H,2-5H2,1H3,(H,9,12);1H. The van der Waals surface area contributed by atoms with E-state index in [0.717, 1.165) is 30.9 Å². The van der Waals surface area contributed by atoms with E-state index in [0.29, 0.717) is 0 Å². The van der Waals surface area contributed by atoms with Crippen molar-refractivity contribution < 1.29 is 4.79 Å². The molecule has 1 rings (SSSR count). The SMILES string of the molecule is CN(N=O)C(=O)NC1CCNCC1.Cl. The van der Waals surface area contributed by atoms with Crippen molar-refractivity contribution in [2.75, 3.05) is 20.1 Å². The molecule has 0 aromatic rings. The predicted octanol–water partition coefficient (Wildman–Crippen LogP) is 0.483. The van der Waals surface area contributed by atoms with Crippen molar-refractivity contribution in [1.82, 2.24) is 15.6 Å². The van der Waals surface area contributed by atoms with Gasteiger partial charge in [0, 0.05) is 13.1 Å². The number of amides is 2. The number of urea groups is 1. The van der Waals surface area contributed by atoms with E-state index in [1.807, 2.05) is 0 Å². The number of rotatable bonds is 2. The normalized spacial score (nSPS) is 16.6. The van der Waals surface area contributed by atoms with Crippen molar-refractivity contribution >= 4 is 18.4 Å². The van der Waals surface area contributed by atoms with E-state index in [1.54, 1.807) is 0 Å². The Balaban J connectivity index is 0.00000169. The van der Waals surface area contributed by atoms with Gasteiger partial charge in [-0.3, -0.25) is 0 Å². The Kier molecular flexibility index (Phi) is 6.14. The average Bonchev–Trinajstić information content (AvgIpc) is 2.18. The third-order valence-corrected chi connectivity index (χ3v) is 2.08. The average molecular weight is 223 g/mol. The van der Waals surface area contributed by atoms with Gasteiger partial charge in [-0.2, -0.15) is 5.01 Å². The third-order valence-electron chi connectivity index (χ3n) is 2.08. The van der Waals surface area contributed by atoms with Gasteiger partial charge in [-0.1, -0.05) is 0 Å². The summed E-state index contributed by atoms with van der Waals surface area (Å²) in [6, 6.07) is -0.264. The molecular weight excluding hydrogens is 208 g/mol. The van der Waals surface area contributed by atoms with Gasteiger partial charge in [0.25, 0.3) is 0 Å². The lowest BCUT2D eigenvalue weighted by Gasteiger charge is -2.24. The fraction of sp³-hybridized carbons (Fsp3) is 0.857. The number of nitrogens with zero attached hydrogens (tertiary/aromatic N) is 2. The Morgan fingerprint density at radius 2 is 2.07 bits per heavy atom. The molecule has 0 atom stereocenters. The van der Waals surface area contributed by atoms with Crippen LogP contribution in [0.15, 0.2) is 5.29 Å². The van der Waals surface area contributed by atoms with Gasteiger partial charge in [0.2, 0.25) is 0 Å². The van der Waals surface area contributed by atoms with E-state index < -0.39 is 6.03 Å². The van der Waals surface area contributed by atoms with Gasteiger partial charge in [0.1, 0.15) is 0 Å². The molecule has 14 heavy (non-hydrogen) atoms. The minimum Gasteiger partial charge on any atom is -0.334 e. The number of piperidine rings is 1. The summed E-state index contributed by atoms with van der Waals surface area (Å²) in [5, 5.41) is 9.18. The molecule has 0 aromatic carbocycles. The first-order valence-electron chi connectivity index (χ1n) is 4.32. The van der Waals surface area contributed by atoms with E-state index in [1.165, 1.54) is 7.05 Å². The maximum atomic E-state index is 11.1. The predicted molar refractivity (Wildman–Crippen MR) is 55.2 cm³/mol. The first-order valence-corrected chi connectivity index (χ1v) is 4.32. The topological polar surface area (TPSA) is 73.8 Å². The molecule has 1 aliphatic rings. The number of carbonyl (C=O) groups is 1. The number of nitroso groups, excluding NO2 is 1. The number of carbonyl (C=O) groups excluding carboxylic acids is 1. The first-order chi connectivity index (χ1) is 6.24. The van der Waals surface area contributed by atoms with Crippen molar-refractivity contribution in [2.45, 2.75) is 18.9 Å². The van der Waals surface area contributed by atoms with E-state index in [2.05, 4.69) is 15.9 Å². The number of hydrogen-bond acceptors (Lipinski definition) is 4. The molecule has 0 aliphatic carbocycles. The molecule has 0 aromatic heterocycles. The lowest BCUT2D eigenvalue weighted by Crippen LogP contribution is -2.45. The maximum Gasteiger partial charge on any atom is 0.340 e. The number of halogens is 1. The van der Waals surface area contributed by atoms with Crippen LogP contribution < -0.4 is 10.6 Å². The zero-order valence-corrected chi connectivity index (χ0v) is 8.84. The highest BCUT2D eigenvalue weighted by atomic mass is 35.5. The second kappa shape index (κ2) is 6.56. The van der Waals surface area contributed by atoms with Crippen LogP contribution in [0.2, 0.25) is 0 Å². The second-order valence-corrected chi connectivity index (χ2v) is 3.08. The van der Waals surface area contributed by atoms with Gasteiger partial charge < -0.3 is 10.6 Å². The van der Waals surface area contributed by atoms with Crippen LogP contribution in [-0.2, 0) is 0 Å². The van der Waals surface area contributed by atoms with Gasteiger partial charge in [-0.15, -0.1) is 17.3 Å². The Morgan fingerprint density at radius 3 is 2.57 bits per heavy atom. The molecule has 82 valence electrons. The van der Waals surface area contributed by atoms with E-state index in [4.69, 9.17) is 0 Å². The quantitative estimate of drug-likeness (QED) is 0.527. The molecular formula is C7H15ClN4O2. The molecule has 0 bridgehead atoms. The summed E-state index contributed by atoms with van der Waals surface area (Å²) in [5.74, 6) is 0. The zero-order valence-electron chi connectivity index (χ0n) is 8.02. The van der Waals surface area contributed by atoms with Gasteiger partial charge >= 0.3 is 6.03 Å². The van der Waals surface area contributed by atoms with Crippen LogP contribution in [0.1, 0.15) is 12.8 Å². The summed E-state index contributed by atoms with van der Waals surface area (Å²) in [4.78, 5) is 21.1. The summed E-state index contributed by atoms with van der Waals surface area (Å²) >= 11 is 0. The van der Waals surface area contributed by atoms with Gasteiger partial charge in [-0.25, -0.2) is 4.79 Å². The van der Waals surface area contributed by atoms with Gasteiger partial charge in [0.05, 0.1) is 5.29 Å². The van der Waals surface area contributed by atoms with Crippen LogP contribution in [-0.4, -0.2) is 37.2 Å². The van der Waals surface area contributed by atoms with Gasteiger partial charge in [0.15, 0.2) is 0 Å². The molecule has 0 spiro atoms.